The molecule has 1 fully saturated rings. The third-order valence-corrected chi connectivity index (χ3v) is 6.26. The second kappa shape index (κ2) is 9.34. The number of hydrogen-bond donors (Lipinski definition) is 2. The largest absolute Gasteiger partial charge is 0.404 e. The average Bonchev–Trinajstić information content (AvgIpc) is 3.37. The summed E-state index contributed by atoms with van der Waals surface area (Å²) in [6, 6.07) is 12.6. The van der Waals surface area contributed by atoms with Crippen LogP contribution in [-0.2, 0) is 17.8 Å². The van der Waals surface area contributed by atoms with Crippen molar-refractivity contribution in [3.8, 4) is 0 Å². The first-order valence-electron chi connectivity index (χ1n) is 10.9. The normalized spacial score (nSPS) is 18.9. The van der Waals surface area contributed by atoms with Crippen molar-refractivity contribution in [3.05, 3.63) is 71.9 Å². The number of carbonyl (C=O) groups is 1. The van der Waals surface area contributed by atoms with Crippen molar-refractivity contribution in [2.45, 2.75) is 38.8 Å². The number of halogens is 1. The highest BCUT2D eigenvalue weighted by molar-refractivity contribution is 6.07. The molecular formula is C25H28FN5O. The summed E-state index contributed by atoms with van der Waals surface area (Å²) in [4.78, 5) is 19.4. The fraction of sp³-hybridized carbons (Fsp3) is 0.320. The van der Waals surface area contributed by atoms with Crippen LogP contribution in [0.2, 0.25) is 0 Å². The van der Waals surface area contributed by atoms with Gasteiger partial charge in [0.2, 0.25) is 5.91 Å². The molecule has 1 amide bonds. The quantitative estimate of drug-likeness (QED) is 0.552. The van der Waals surface area contributed by atoms with Gasteiger partial charge in [0.15, 0.2) is 0 Å². The summed E-state index contributed by atoms with van der Waals surface area (Å²) in [6.07, 6.45) is 6.28. The van der Waals surface area contributed by atoms with E-state index < -0.39 is 0 Å². The van der Waals surface area contributed by atoms with Crippen molar-refractivity contribution in [2.75, 3.05) is 6.54 Å². The maximum Gasteiger partial charge on any atom is 0.223 e. The molecular weight excluding hydrogens is 405 g/mol. The lowest BCUT2D eigenvalue weighted by molar-refractivity contribution is -0.131. The van der Waals surface area contributed by atoms with Crippen molar-refractivity contribution in [1.29, 1.82) is 5.41 Å². The van der Waals surface area contributed by atoms with E-state index in [1.165, 1.54) is 18.5 Å². The van der Waals surface area contributed by atoms with Gasteiger partial charge in [-0.2, -0.15) is 0 Å². The molecule has 32 heavy (non-hydrogen) atoms. The van der Waals surface area contributed by atoms with Gasteiger partial charge in [0.05, 0.1) is 16.7 Å². The predicted molar refractivity (Wildman–Crippen MR) is 125 cm³/mol. The van der Waals surface area contributed by atoms with E-state index in [0.29, 0.717) is 42.1 Å². The van der Waals surface area contributed by atoms with Gasteiger partial charge in [-0.05, 0) is 55.5 Å². The summed E-state index contributed by atoms with van der Waals surface area (Å²) in [6.45, 7) is 3.59. The Morgan fingerprint density at radius 2 is 2.09 bits per heavy atom. The predicted octanol–water partition coefficient (Wildman–Crippen LogP) is 3.99. The fourth-order valence-electron chi connectivity index (χ4n) is 4.59. The molecule has 3 N–H and O–H groups in total. The van der Waals surface area contributed by atoms with E-state index in [2.05, 4.69) is 16.5 Å². The molecule has 1 saturated heterocycles. The topological polar surface area (TPSA) is 88.0 Å². The molecule has 3 heterocycles. The highest BCUT2D eigenvalue weighted by Crippen LogP contribution is 2.27. The van der Waals surface area contributed by atoms with Gasteiger partial charge in [0.1, 0.15) is 5.82 Å². The number of pyridine rings is 1. The lowest BCUT2D eigenvalue weighted by Gasteiger charge is -2.21. The van der Waals surface area contributed by atoms with Crippen LogP contribution in [0.5, 0.6) is 0 Å². The average molecular weight is 434 g/mol. The summed E-state index contributed by atoms with van der Waals surface area (Å²) >= 11 is 0. The fourth-order valence-corrected chi connectivity index (χ4v) is 4.59. The Labute approximate surface area is 187 Å². The van der Waals surface area contributed by atoms with Crippen LogP contribution < -0.4 is 5.73 Å². The number of aryl methyl sites for hydroxylation is 1. The Morgan fingerprint density at radius 3 is 2.84 bits per heavy atom. The van der Waals surface area contributed by atoms with Crippen molar-refractivity contribution >= 4 is 28.7 Å². The zero-order chi connectivity index (χ0) is 22.7. The van der Waals surface area contributed by atoms with Crippen LogP contribution in [0.1, 0.15) is 31.0 Å². The van der Waals surface area contributed by atoms with Gasteiger partial charge >= 0.3 is 0 Å². The molecule has 2 atom stereocenters. The van der Waals surface area contributed by atoms with Crippen molar-refractivity contribution < 1.29 is 9.18 Å². The van der Waals surface area contributed by atoms with Crippen LogP contribution in [-0.4, -0.2) is 39.2 Å². The zero-order valence-electron chi connectivity index (χ0n) is 18.2. The second-order valence-corrected chi connectivity index (χ2v) is 8.42. The Morgan fingerprint density at radius 1 is 1.28 bits per heavy atom. The number of nitrogens with zero attached hydrogens (tertiary/aromatic N) is 3. The highest BCUT2D eigenvalue weighted by Gasteiger charge is 2.32. The maximum atomic E-state index is 13.9. The van der Waals surface area contributed by atoms with E-state index in [1.807, 2.05) is 29.3 Å². The Balaban J connectivity index is 1.40. The highest BCUT2D eigenvalue weighted by atomic mass is 19.1. The van der Waals surface area contributed by atoms with Crippen LogP contribution in [0.15, 0.2) is 54.9 Å². The van der Waals surface area contributed by atoms with E-state index >= 15 is 0 Å². The molecule has 1 aliphatic rings. The second-order valence-electron chi connectivity index (χ2n) is 8.42. The van der Waals surface area contributed by atoms with E-state index in [4.69, 9.17) is 11.1 Å². The minimum Gasteiger partial charge on any atom is -0.404 e. The first kappa shape index (κ1) is 21.7. The summed E-state index contributed by atoms with van der Waals surface area (Å²) in [5.41, 5.74) is 9.29. The molecule has 7 heteroatoms. The van der Waals surface area contributed by atoms with E-state index in [1.54, 1.807) is 18.2 Å². The molecule has 1 aromatic carbocycles. The zero-order valence-corrected chi connectivity index (χ0v) is 18.2. The van der Waals surface area contributed by atoms with Crippen molar-refractivity contribution in [1.82, 2.24) is 14.5 Å². The van der Waals surface area contributed by atoms with Gasteiger partial charge in [-0.25, -0.2) is 9.37 Å². The lowest BCUT2D eigenvalue weighted by atomic mass is 10.1. The van der Waals surface area contributed by atoms with Gasteiger partial charge in [-0.3, -0.25) is 4.79 Å². The van der Waals surface area contributed by atoms with Crippen LogP contribution in [0.4, 0.5) is 4.39 Å². The lowest BCUT2D eigenvalue weighted by Crippen LogP contribution is -2.34. The SMILES string of the molecule is CC1CC(Cn2ccc3nc(/C(C=N)=C/N)ccc32)CN1C(=O)CCc1ccccc1F. The molecule has 4 rings (SSSR count). The summed E-state index contributed by atoms with van der Waals surface area (Å²) in [5, 5.41) is 7.45. The number of aromatic nitrogens is 2. The van der Waals surface area contributed by atoms with Crippen molar-refractivity contribution in [2.24, 2.45) is 11.7 Å². The number of allylic oxidation sites excluding steroid dienone is 1. The van der Waals surface area contributed by atoms with Gasteiger partial charge < -0.3 is 20.6 Å². The van der Waals surface area contributed by atoms with E-state index in [-0.39, 0.29) is 17.8 Å². The molecule has 0 bridgehead atoms. The Hall–Kier alpha value is -3.48. The Bertz CT molecular complexity index is 1170. The van der Waals surface area contributed by atoms with E-state index in [0.717, 1.165) is 24.0 Å². The van der Waals surface area contributed by atoms with Crippen LogP contribution in [0.25, 0.3) is 16.6 Å². The summed E-state index contributed by atoms with van der Waals surface area (Å²) in [7, 11) is 0. The molecule has 166 valence electrons. The number of nitrogens with one attached hydrogen (secondary N) is 1. The van der Waals surface area contributed by atoms with Gasteiger partial charge in [0.25, 0.3) is 0 Å². The standard InChI is InChI=1S/C25H28FN5O/c1-17-12-18(16-31(17)25(32)9-6-19-4-2-3-5-21(19)26)15-30-11-10-23-24(30)8-7-22(29-23)20(13-27)14-28/h2-5,7-8,10-11,13-14,17-18,27H,6,9,12,15-16,28H2,1H3/b20-14+,27-13?. The molecule has 6 nitrogen and oxygen atoms in total. The monoisotopic (exact) mass is 433 g/mol. The number of carbonyl (C=O) groups excluding carboxylic acids is 1. The molecule has 1 aliphatic heterocycles. The van der Waals surface area contributed by atoms with Crippen LogP contribution in [0, 0.1) is 17.1 Å². The number of nitrogens with two attached hydrogens (primary N) is 1. The smallest absolute Gasteiger partial charge is 0.223 e. The first-order valence-corrected chi connectivity index (χ1v) is 10.9. The number of rotatable bonds is 7. The van der Waals surface area contributed by atoms with E-state index in [9.17, 15) is 9.18 Å². The molecule has 2 aromatic heterocycles. The number of benzene rings is 1. The van der Waals surface area contributed by atoms with Crippen molar-refractivity contribution in [3.63, 3.8) is 0 Å². The summed E-state index contributed by atoms with van der Waals surface area (Å²) < 4.78 is 16.0. The first-order chi connectivity index (χ1) is 15.5. The van der Waals surface area contributed by atoms with Gasteiger partial charge in [0, 0.05) is 49.7 Å². The molecule has 0 spiro atoms. The third-order valence-electron chi connectivity index (χ3n) is 6.26. The minimum atomic E-state index is -0.251. The molecule has 3 aromatic rings. The number of fused-ring (bicyclic) bond motifs is 1. The molecule has 0 aliphatic carbocycles. The summed E-state index contributed by atoms with van der Waals surface area (Å²) in [5.74, 6) is 0.178. The van der Waals surface area contributed by atoms with Crippen LogP contribution in [0.3, 0.4) is 0 Å². The van der Waals surface area contributed by atoms with Crippen LogP contribution >= 0.6 is 0 Å². The Kier molecular flexibility index (Phi) is 6.35. The molecule has 0 saturated carbocycles. The molecule has 0 radical (unpaired) electrons. The number of hydrogen-bond acceptors (Lipinski definition) is 4. The number of amides is 1. The van der Waals surface area contributed by atoms with Gasteiger partial charge in [-0.15, -0.1) is 0 Å². The third kappa shape index (κ3) is 4.42. The minimum absolute atomic E-state index is 0.0830. The van der Waals surface area contributed by atoms with Gasteiger partial charge in [-0.1, -0.05) is 18.2 Å². The maximum absolute atomic E-state index is 13.9. The molecule has 2 unspecified atom stereocenters. The number of likely N-dealkylation sites (tertiary alicyclic amines) is 1.